The lowest BCUT2D eigenvalue weighted by molar-refractivity contribution is -0.144. The van der Waals surface area contributed by atoms with Crippen LogP contribution in [0.25, 0.3) is 0 Å². The van der Waals surface area contributed by atoms with E-state index >= 15 is 0 Å². The maximum Gasteiger partial charge on any atom is 0.326 e. The predicted molar refractivity (Wildman–Crippen MR) is 297 cm³/mol. The number of likely N-dealkylation sites (tertiary alicyclic amines) is 1. The van der Waals surface area contributed by atoms with Gasteiger partial charge in [-0.1, -0.05) is 39.8 Å². The number of carboxylic acid groups (broad SMARTS) is 3. The highest BCUT2D eigenvalue weighted by Crippen LogP contribution is 2.22. The quantitative estimate of drug-likeness (QED) is 0.0169. The van der Waals surface area contributed by atoms with Crippen molar-refractivity contribution in [3.63, 3.8) is 0 Å². The summed E-state index contributed by atoms with van der Waals surface area (Å²) in [6.45, 7) is 6.35. The second kappa shape index (κ2) is 35.1. The molecule has 9 atom stereocenters. The van der Waals surface area contributed by atoms with Gasteiger partial charge in [-0.3, -0.25) is 62.7 Å². The molecule has 32 nitrogen and oxygen atoms in total. The zero-order valence-corrected chi connectivity index (χ0v) is 47.0. The molecule has 462 valence electrons. The maximum absolute atomic E-state index is 14.3. The summed E-state index contributed by atoms with van der Waals surface area (Å²) in [5.41, 5.74) is 33.7. The zero-order valence-electron chi connectivity index (χ0n) is 47.0. The van der Waals surface area contributed by atoms with Crippen LogP contribution in [0.15, 0.2) is 34.3 Å². The van der Waals surface area contributed by atoms with Crippen molar-refractivity contribution in [3.05, 3.63) is 29.8 Å². The van der Waals surface area contributed by atoms with Gasteiger partial charge in [0.1, 0.15) is 54.1 Å². The number of amides is 9. The molecule has 1 aromatic rings. The number of guanidine groups is 2. The largest absolute Gasteiger partial charge is 0.508 e. The van der Waals surface area contributed by atoms with E-state index < -0.39 is 151 Å². The molecule has 0 saturated carbocycles. The highest BCUT2D eigenvalue weighted by atomic mass is 16.4. The summed E-state index contributed by atoms with van der Waals surface area (Å²) in [4.78, 5) is 168. The molecular formula is C51H82N16O16. The molecule has 0 aliphatic carbocycles. The van der Waals surface area contributed by atoms with Crippen LogP contribution in [0.1, 0.15) is 110 Å². The van der Waals surface area contributed by atoms with Crippen molar-refractivity contribution in [2.45, 2.75) is 166 Å². The summed E-state index contributed by atoms with van der Waals surface area (Å²) in [5, 5.41) is 55.9. The number of hydrogen-bond donors (Lipinski definition) is 17. The lowest BCUT2D eigenvalue weighted by atomic mass is 10.00. The van der Waals surface area contributed by atoms with Gasteiger partial charge in [0, 0.05) is 38.9 Å². The monoisotopic (exact) mass is 1170 g/mol. The maximum atomic E-state index is 14.3. The smallest absolute Gasteiger partial charge is 0.326 e. The molecule has 0 bridgehead atoms. The summed E-state index contributed by atoms with van der Waals surface area (Å²) in [6.07, 6.45) is -2.68. The molecule has 1 aliphatic rings. The molecule has 2 rings (SSSR count). The van der Waals surface area contributed by atoms with Crippen LogP contribution in [0.2, 0.25) is 0 Å². The fourth-order valence-electron chi connectivity index (χ4n) is 8.57. The second-order valence-electron chi connectivity index (χ2n) is 20.7. The number of aliphatic imine (C=N–C) groups is 2. The van der Waals surface area contributed by atoms with E-state index in [1.165, 1.54) is 38.1 Å². The third-order valence-corrected chi connectivity index (χ3v) is 12.9. The molecule has 1 aromatic carbocycles. The Bertz CT molecular complexity index is 2500. The number of phenols is 1. The number of carboxylic acids is 3. The Morgan fingerprint density at radius 1 is 0.590 bits per heavy atom. The molecule has 0 unspecified atom stereocenters. The van der Waals surface area contributed by atoms with Crippen molar-refractivity contribution in [2.75, 3.05) is 19.6 Å². The average Bonchev–Trinajstić information content (AvgIpc) is 4.07. The highest BCUT2D eigenvalue weighted by molar-refractivity contribution is 5.99. The van der Waals surface area contributed by atoms with Gasteiger partial charge in [0.15, 0.2) is 11.9 Å². The molecule has 0 spiro atoms. The van der Waals surface area contributed by atoms with E-state index in [0.717, 1.165) is 4.90 Å². The standard InChI is InChI=1S/C51H82N16O16/c1-25(2)22-33(63-45(78)34(24-39(72)73)64-46(79)36-10-7-21-67(36)48(81)35(23-27-11-13-28(68)14-12-27)65-41(74)29(52)15-17-37(53)69)44(77)61-30(8-5-19-58-50(54)55)42(75)60-31(9-6-20-59-51(56)57)43(76)66-40(26(3)4)47(80)62-32(49(82)83)16-18-38(70)71/h11-14,25-26,29-36,40,68H,5-10,15-24,52H2,1-4H3,(H2,53,69)(H,60,75)(H,61,77)(H,62,80)(H,63,78)(H,64,79)(H,65,74)(H,66,76)(H,70,71)(H,72,73)(H,82,83)(H4,54,55,58)(H4,56,57,59)/t29-,30-,31-,32-,33-,34-,35-,36-,40-/m0/s1. The SMILES string of the molecule is CC(C)C[C@H](NC(=O)[C@H](CC(=O)O)NC(=O)[C@@H]1CCCN1C(=O)[C@H](Cc1ccc(O)cc1)NC(=O)[C@@H](N)CCC(N)=O)C(=O)N[C@@H](CCCN=C(N)N)C(=O)N[C@@H](CCCN=C(N)N)C(=O)N[C@H](C(=O)N[C@@H](CCC(=O)O)C(=O)O)C(C)C. The Hall–Kier alpha value is -8.84. The molecule has 23 N–H and O–H groups in total. The topological polar surface area (TPSA) is 554 Å². The molecule has 9 amide bonds. The fraction of sp³-hybridized carbons (Fsp3) is 0.608. The van der Waals surface area contributed by atoms with Crippen molar-refractivity contribution < 1.29 is 78.0 Å². The van der Waals surface area contributed by atoms with Crippen molar-refractivity contribution >= 4 is 83.0 Å². The fourth-order valence-corrected chi connectivity index (χ4v) is 8.57. The number of hydrogen-bond acceptors (Lipinski definition) is 16. The number of rotatable bonds is 37. The van der Waals surface area contributed by atoms with Crippen LogP contribution in [0.5, 0.6) is 5.75 Å². The number of benzene rings is 1. The number of carbonyl (C=O) groups is 12. The Kier molecular flexibility index (Phi) is 29.7. The molecule has 1 fully saturated rings. The van der Waals surface area contributed by atoms with Crippen LogP contribution in [-0.4, -0.2) is 182 Å². The first-order chi connectivity index (χ1) is 38.9. The van der Waals surface area contributed by atoms with Gasteiger partial charge in [-0.25, -0.2) is 4.79 Å². The molecule has 1 heterocycles. The number of aliphatic carboxylic acids is 3. The summed E-state index contributed by atoms with van der Waals surface area (Å²) in [5.74, 6) is -14.3. The Morgan fingerprint density at radius 2 is 1.10 bits per heavy atom. The van der Waals surface area contributed by atoms with Crippen molar-refractivity contribution in [1.29, 1.82) is 0 Å². The Morgan fingerprint density at radius 3 is 1.59 bits per heavy atom. The molecule has 0 radical (unpaired) electrons. The first-order valence-electron chi connectivity index (χ1n) is 26.9. The van der Waals surface area contributed by atoms with Crippen LogP contribution >= 0.6 is 0 Å². The van der Waals surface area contributed by atoms with Gasteiger partial charge < -0.3 is 96.9 Å². The van der Waals surface area contributed by atoms with E-state index in [4.69, 9.17) is 39.5 Å². The van der Waals surface area contributed by atoms with Gasteiger partial charge in [-0.15, -0.1) is 0 Å². The van der Waals surface area contributed by atoms with Gasteiger partial charge in [-0.05, 0) is 87.3 Å². The van der Waals surface area contributed by atoms with E-state index in [2.05, 4.69) is 47.2 Å². The van der Waals surface area contributed by atoms with Gasteiger partial charge in [0.2, 0.25) is 53.2 Å². The average molecular weight is 1180 g/mol. The van der Waals surface area contributed by atoms with Gasteiger partial charge >= 0.3 is 17.9 Å². The summed E-state index contributed by atoms with van der Waals surface area (Å²) in [7, 11) is 0. The van der Waals surface area contributed by atoms with Crippen LogP contribution in [0.4, 0.5) is 0 Å². The van der Waals surface area contributed by atoms with Crippen molar-refractivity contribution in [3.8, 4) is 5.75 Å². The Labute approximate surface area is 478 Å². The molecule has 0 aromatic heterocycles. The summed E-state index contributed by atoms with van der Waals surface area (Å²) < 4.78 is 0. The number of primary amides is 1. The van der Waals surface area contributed by atoms with E-state index in [1.54, 1.807) is 13.8 Å². The van der Waals surface area contributed by atoms with Crippen LogP contribution < -0.4 is 71.6 Å². The molecule has 32 heteroatoms. The van der Waals surface area contributed by atoms with Crippen LogP contribution in [0, 0.1) is 11.8 Å². The van der Waals surface area contributed by atoms with E-state index in [-0.39, 0.29) is 107 Å². The minimum Gasteiger partial charge on any atom is -0.508 e. The van der Waals surface area contributed by atoms with Crippen LogP contribution in [-0.2, 0) is 64.0 Å². The number of carbonyl (C=O) groups excluding carboxylic acids is 9. The third kappa shape index (κ3) is 26.1. The van der Waals surface area contributed by atoms with Crippen molar-refractivity contribution in [2.24, 2.45) is 56.2 Å². The molecule has 1 saturated heterocycles. The minimum absolute atomic E-state index is 0.00865. The zero-order chi connectivity index (χ0) is 62.7. The van der Waals surface area contributed by atoms with Crippen LogP contribution in [0.3, 0.4) is 0 Å². The summed E-state index contributed by atoms with van der Waals surface area (Å²) in [6, 6.07) is -7.61. The minimum atomic E-state index is -1.86. The summed E-state index contributed by atoms with van der Waals surface area (Å²) >= 11 is 0. The molecule has 83 heavy (non-hydrogen) atoms. The predicted octanol–water partition coefficient (Wildman–Crippen LogP) is -4.85. The normalized spacial score (nSPS) is 15.7. The van der Waals surface area contributed by atoms with Gasteiger partial charge in [0.25, 0.3) is 0 Å². The van der Waals surface area contributed by atoms with Gasteiger partial charge in [0.05, 0.1) is 12.5 Å². The first kappa shape index (κ1) is 70.3. The second-order valence-corrected chi connectivity index (χ2v) is 20.7. The van der Waals surface area contributed by atoms with E-state index in [1.807, 2.05) is 0 Å². The third-order valence-electron chi connectivity index (χ3n) is 12.9. The number of aromatic hydroxyl groups is 1. The lowest BCUT2D eigenvalue weighted by Gasteiger charge is -2.31. The number of nitrogens with one attached hydrogen (secondary N) is 7. The number of phenolic OH excluding ortho intramolecular Hbond substituents is 1. The van der Waals surface area contributed by atoms with Gasteiger partial charge in [-0.2, -0.15) is 0 Å². The highest BCUT2D eigenvalue weighted by Gasteiger charge is 2.41. The number of nitrogens with zero attached hydrogens (tertiary/aromatic N) is 3. The van der Waals surface area contributed by atoms with E-state index in [9.17, 15) is 72.9 Å². The van der Waals surface area contributed by atoms with Crippen molar-refractivity contribution in [1.82, 2.24) is 42.1 Å². The Balaban J connectivity index is 2.48. The van der Waals surface area contributed by atoms with E-state index in [0.29, 0.717) is 5.56 Å². The lowest BCUT2D eigenvalue weighted by Crippen LogP contribution is -2.61. The number of nitrogens with two attached hydrogens (primary N) is 6. The first-order valence-corrected chi connectivity index (χ1v) is 26.9. The molecular weight excluding hydrogens is 1090 g/mol. The molecule has 1 aliphatic heterocycles.